The van der Waals surface area contributed by atoms with Crippen LogP contribution in [0.15, 0.2) is 24.3 Å². The molecule has 0 rings (SSSR count). The number of carbonyl (C=O) groups excluding carboxylic acids is 1. The fourth-order valence-electron chi connectivity index (χ4n) is 7.92. The van der Waals surface area contributed by atoms with Crippen LogP contribution >= 0.6 is 7.82 Å². The van der Waals surface area contributed by atoms with Crippen molar-refractivity contribution < 1.29 is 32.9 Å². The molecule has 0 aliphatic rings. The van der Waals surface area contributed by atoms with Crippen molar-refractivity contribution in [3.63, 3.8) is 0 Å². The van der Waals surface area contributed by atoms with E-state index in [0.717, 1.165) is 51.4 Å². The molecular formula is C53H106N2O6P+. The number of nitrogens with one attached hydrogen (secondary N) is 1. The molecule has 0 spiro atoms. The summed E-state index contributed by atoms with van der Waals surface area (Å²) in [5.74, 6) is -0.185. The van der Waals surface area contributed by atoms with E-state index in [1.165, 1.54) is 186 Å². The van der Waals surface area contributed by atoms with Gasteiger partial charge in [-0.15, -0.1) is 0 Å². The quantitative estimate of drug-likeness (QED) is 0.0243. The number of likely N-dealkylation sites (N-methyl/N-ethyl adjacent to an activating group) is 1. The van der Waals surface area contributed by atoms with Gasteiger partial charge in [-0.2, -0.15) is 0 Å². The second-order valence-corrected chi connectivity index (χ2v) is 21.1. The predicted octanol–water partition coefficient (Wildman–Crippen LogP) is 15.6. The summed E-state index contributed by atoms with van der Waals surface area (Å²) in [5, 5.41) is 13.9. The minimum absolute atomic E-state index is 0.0611. The van der Waals surface area contributed by atoms with Crippen molar-refractivity contribution in [2.24, 2.45) is 0 Å². The van der Waals surface area contributed by atoms with Gasteiger partial charge in [0, 0.05) is 6.42 Å². The Labute approximate surface area is 385 Å². The number of rotatable bonds is 49. The molecule has 0 fully saturated rings. The molecule has 0 aromatic rings. The van der Waals surface area contributed by atoms with Gasteiger partial charge in [-0.05, 0) is 44.9 Å². The van der Waals surface area contributed by atoms with Crippen LogP contribution in [0.25, 0.3) is 0 Å². The van der Waals surface area contributed by atoms with Gasteiger partial charge in [-0.1, -0.05) is 231 Å². The summed E-state index contributed by atoms with van der Waals surface area (Å²) in [6, 6.07) is -0.848. The van der Waals surface area contributed by atoms with Gasteiger partial charge < -0.3 is 19.8 Å². The van der Waals surface area contributed by atoms with Crippen molar-refractivity contribution in [2.75, 3.05) is 40.9 Å². The molecule has 0 saturated heterocycles. The highest BCUT2D eigenvalue weighted by Gasteiger charge is 2.27. The molecule has 0 aliphatic carbocycles. The molecule has 0 radical (unpaired) electrons. The number of amides is 1. The van der Waals surface area contributed by atoms with Crippen molar-refractivity contribution in [3.05, 3.63) is 24.3 Å². The van der Waals surface area contributed by atoms with Crippen LogP contribution in [-0.4, -0.2) is 73.4 Å². The van der Waals surface area contributed by atoms with E-state index < -0.39 is 20.0 Å². The van der Waals surface area contributed by atoms with Gasteiger partial charge in [0.05, 0.1) is 39.9 Å². The van der Waals surface area contributed by atoms with Gasteiger partial charge in [-0.3, -0.25) is 13.8 Å². The number of unbranched alkanes of at least 4 members (excludes halogenated alkanes) is 34. The van der Waals surface area contributed by atoms with Gasteiger partial charge in [0.1, 0.15) is 13.2 Å². The molecule has 3 N–H and O–H groups in total. The highest BCUT2D eigenvalue weighted by molar-refractivity contribution is 7.47. The molecule has 0 heterocycles. The molecule has 3 unspecified atom stereocenters. The fourth-order valence-corrected chi connectivity index (χ4v) is 8.66. The van der Waals surface area contributed by atoms with Crippen LogP contribution in [0.3, 0.4) is 0 Å². The molecular weight excluding hydrogens is 792 g/mol. The molecule has 0 aliphatic heterocycles. The molecule has 368 valence electrons. The van der Waals surface area contributed by atoms with Crippen LogP contribution in [0.1, 0.15) is 258 Å². The highest BCUT2D eigenvalue weighted by Crippen LogP contribution is 2.43. The first-order valence-corrected chi connectivity index (χ1v) is 28.2. The summed E-state index contributed by atoms with van der Waals surface area (Å²) in [6.07, 6.45) is 55.7. The average Bonchev–Trinajstić information content (AvgIpc) is 3.23. The van der Waals surface area contributed by atoms with E-state index >= 15 is 0 Å². The van der Waals surface area contributed by atoms with E-state index in [0.29, 0.717) is 17.4 Å². The Kier molecular flexibility index (Phi) is 44.4. The number of hydrogen-bond donors (Lipinski definition) is 3. The standard InChI is InChI=1S/C53H105N2O6P/c1-6-8-10-12-14-16-18-20-21-22-23-24-25-26-27-28-29-30-31-32-33-34-35-36-38-40-42-44-46-52(56)51(50-61-62(58,59)60-49-48-55(3,4)5)54-53(57)47-45-43-41-39-37-19-17-15-13-11-9-7-2/h15,17,44,46,51-52,56H,6-14,16,18-43,45,47-50H2,1-5H3,(H-,54,57,58,59)/p+1/b17-15-,46-44+. The first kappa shape index (κ1) is 61.0. The van der Waals surface area contributed by atoms with Gasteiger partial charge in [0.15, 0.2) is 0 Å². The normalized spacial score (nSPS) is 14.2. The highest BCUT2D eigenvalue weighted by atomic mass is 31.2. The van der Waals surface area contributed by atoms with Crippen LogP contribution < -0.4 is 5.32 Å². The number of nitrogens with zero attached hydrogens (tertiary/aromatic N) is 1. The zero-order chi connectivity index (χ0) is 45.7. The lowest BCUT2D eigenvalue weighted by atomic mass is 10.0. The zero-order valence-corrected chi connectivity index (χ0v) is 42.8. The summed E-state index contributed by atoms with van der Waals surface area (Å²) in [7, 11) is 1.57. The molecule has 9 heteroatoms. The Morgan fingerprint density at radius 1 is 0.532 bits per heavy atom. The molecule has 0 bridgehead atoms. The fraction of sp³-hybridized carbons (Fsp3) is 0.906. The first-order chi connectivity index (χ1) is 30.0. The van der Waals surface area contributed by atoms with Crippen LogP contribution in [0, 0.1) is 0 Å². The summed E-state index contributed by atoms with van der Waals surface area (Å²) < 4.78 is 23.6. The van der Waals surface area contributed by atoms with E-state index in [-0.39, 0.29) is 19.1 Å². The van der Waals surface area contributed by atoms with Crippen LogP contribution in [0.5, 0.6) is 0 Å². The SMILES string of the molecule is CCCCC/C=C\CCCCCCCC(=O)NC(COP(=O)(O)OCC[N+](C)(C)C)C(O)/C=C/CCCCCCCCCCCCCCCCCCCCCCCCCCCC. The van der Waals surface area contributed by atoms with Crippen molar-refractivity contribution in [3.8, 4) is 0 Å². The lowest BCUT2D eigenvalue weighted by molar-refractivity contribution is -0.870. The van der Waals surface area contributed by atoms with Gasteiger partial charge in [0.25, 0.3) is 0 Å². The number of quaternary nitrogens is 1. The van der Waals surface area contributed by atoms with Crippen molar-refractivity contribution in [1.82, 2.24) is 5.32 Å². The van der Waals surface area contributed by atoms with Crippen LogP contribution in [0.4, 0.5) is 0 Å². The minimum atomic E-state index is -4.34. The summed E-state index contributed by atoms with van der Waals surface area (Å²) in [6.45, 7) is 4.80. The predicted molar refractivity (Wildman–Crippen MR) is 268 cm³/mol. The monoisotopic (exact) mass is 898 g/mol. The lowest BCUT2D eigenvalue weighted by Gasteiger charge is -2.25. The zero-order valence-electron chi connectivity index (χ0n) is 41.9. The van der Waals surface area contributed by atoms with Crippen LogP contribution in [0.2, 0.25) is 0 Å². The lowest BCUT2D eigenvalue weighted by Crippen LogP contribution is -2.45. The Bertz CT molecular complexity index is 1060. The topological polar surface area (TPSA) is 105 Å². The Morgan fingerprint density at radius 2 is 0.871 bits per heavy atom. The second kappa shape index (κ2) is 45.1. The summed E-state index contributed by atoms with van der Waals surface area (Å²) in [5.41, 5.74) is 0. The van der Waals surface area contributed by atoms with Gasteiger partial charge in [0.2, 0.25) is 5.91 Å². The van der Waals surface area contributed by atoms with Gasteiger partial charge >= 0.3 is 7.82 Å². The van der Waals surface area contributed by atoms with E-state index in [1.54, 1.807) is 6.08 Å². The second-order valence-electron chi connectivity index (χ2n) is 19.6. The van der Waals surface area contributed by atoms with Crippen molar-refractivity contribution >= 4 is 13.7 Å². The van der Waals surface area contributed by atoms with Gasteiger partial charge in [-0.25, -0.2) is 4.57 Å². The maximum Gasteiger partial charge on any atom is 0.472 e. The Hall–Kier alpha value is -1.02. The number of carbonyl (C=O) groups is 1. The third-order valence-corrected chi connectivity index (χ3v) is 13.1. The largest absolute Gasteiger partial charge is 0.472 e. The van der Waals surface area contributed by atoms with Crippen molar-refractivity contribution in [2.45, 2.75) is 270 Å². The number of aliphatic hydroxyl groups is 1. The maximum atomic E-state index is 12.9. The third kappa shape index (κ3) is 47.0. The molecule has 62 heavy (non-hydrogen) atoms. The summed E-state index contributed by atoms with van der Waals surface area (Å²) in [4.78, 5) is 23.1. The number of hydrogen-bond acceptors (Lipinski definition) is 5. The molecule has 0 aromatic heterocycles. The van der Waals surface area contributed by atoms with E-state index in [4.69, 9.17) is 9.05 Å². The molecule has 8 nitrogen and oxygen atoms in total. The number of allylic oxidation sites excluding steroid dienone is 3. The number of aliphatic hydroxyl groups excluding tert-OH is 1. The first-order valence-electron chi connectivity index (χ1n) is 26.7. The number of phosphoric acid groups is 1. The Balaban J connectivity index is 4.13. The van der Waals surface area contributed by atoms with Crippen molar-refractivity contribution in [1.29, 1.82) is 0 Å². The van der Waals surface area contributed by atoms with Crippen LogP contribution in [-0.2, 0) is 18.4 Å². The van der Waals surface area contributed by atoms with E-state index in [1.807, 2.05) is 27.2 Å². The molecule has 0 saturated carbocycles. The van der Waals surface area contributed by atoms with E-state index in [9.17, 15) is 19.4 Å². The van der Waals surface area contributed by atoms with E-state index in [2.05, 4.69) is 31.3 Å². The molecule has 0 aromatic carbocycles. The smallest absolute Gasteiger partial charge is 0.387 e. The average molecular weight is 898 g/mol. The molecule has 1 amide bonds. The Morgan fingerprint density at radius 3 is 1.27 bits per heavy atom. The maximum absolute atomic E-state index is 12.9. The summed E-state index contributed by atoms with van der Waals surface area (Å²) >= 11 is 0. The minimum Gasteiger partial charge on any atom is -0.387 e. The number of phosphoric ester groups is 1. The third-order valence-electron chi connectivity index (χ3n) is 12.2. The molecule has 3 atom stereocenters.